The van der Waals surface area contributed by atoms with Crippen LogP contribution in [0.3, 0.4) is 0 Å². The molecule has 0 bridgehead atoms. The fourth-order valence-electron chi connectivity index (χ4n) is 2.28. The topological polar surface area (TPSA) is 61.8 Å². The van der Waals surface area contributed by atoms with Crippen LogP contribution in [0.4, 0.5) is 0 Å². The van der Waals surface area contributed by atoms with Gasteiger partial charge in [-0.3, -0.25) is 9.59 Å². The highest BCUT2D eigenvalue weighted by molar-refractivity contribution is 7.12. The number of nitrogens with zero attached hydrogens (tertiary/aromatic N) is 2. The molecule has 1 fully saturated rings. The first kappa shape index (κ1) is 14.7. The van der Waals surface area contributed by atoms with E-state index in [0.717, 1.165) is 17.7 Å². The Balaban J connectivity index is 1.93. The number of thiophene rings is 1. The summed E-state index contributed by atoms with van der Waals surface area (Å²) in [7, 11) is 0. The minimum atomic E-state index is -0.246. The molecule has 20 heavy (non-hydrogen) atoms. The minimum Gasteiger partial charge on any atom is -0.333 e. The van der Waals surface area contributed by atoms with Crippen molar-refractivity contribution < 1.29 is 9.59 Å². The lowest BCUT2D eigenvalue weighted by atomic mass is 10.2. The van der Waals surface area contributed by atoms with Gasteiger partial charge in [-0.2, -0.15) is 5.10 Å². The van der Waals surface area contributed by atoms with Gasteiger partial charge in [-0.1, -0.05) is 0 Å². The monoisotopic (exact) mass is 293 g/mol. The van der Waals surface area contributed by atoms with Gasteiger partial charge in [-0.05, 0) is 33.3 Å². The first-order chi connectivity index (χ1) is 9.47. The van der Waals surface area contributed by atoms with Crippen LogP contribution in [0.5, 0.6) is 0 Å². The van der Waals surface area contributed by atoms with Crippen LogP contribution in [0.15, 0.2) is 11.2 Å². The van der Waals surface area contributed by atoms with Gasteiger partial charge in [0.15, 0.2) is 0 Å². The summed E-state index contributed by atoms with van der Waals surface area (Å²) < 4.78 is 0. The predicted octanol–water partition coefficient (Wildman–Crippen LogP) is 1.83. The fourth-order valence-corrected chi connectivity index (χ4v) is 3.25. The number of carbonyl (C=O) groups excluding carboxylic acids is 2. The number of rotatable bonds is 4. The van der Waals surface area contributed by atoms with Crippen molar-refractivity contribution in [1.82, 2.24) is 10.3 Å². The molecule has 6 heteroatoms. The zero-order valence-corrected chi connectivity index (χ0v) is 12.8. The molecule has 0 radical (unpaired) electrons. The molecule has 2 amide bonds. The third-order valence-corrected chi connectivity index (χ3v) is 4.25. The predicted molar refractivity (Wildman–Crippen MR) is 80.0 cm³/mol. The van der Waals surface area contributed by atoms with E-state index in [1.807, 2.05) is 20.8 Å². The molecule has 0 unspecified atom stereocenters. The molecule has 2 heterocycles. The summed E-state index contributed by atoms with van der Waals surface area (Å²) >= 11 is 1.71. The summed E-state index contributed by atoms with van der Waals surface area (Å²) in [5.74, 6) is -0.200. The van der Waals surface area contributed by atoms with E-state index in [-0.39, 0.29) is 18.4 Å². The number of hydrogen-bond donors (Lipinski definition) is 1. The van der Waals surface area contributed by atoms with Gasteiger partial charge >= 0.3 is 0 Å². The van der Waals surface area contributed by atoms with Gasteiger partial charge in [0.25, 0.3) is 5.91 Å². The third kappa shape index (κ3) is 3.45. The van der Waals surface area contributed by atoms with Crippen molar-refractivity contribution in [3.8, 4) is 0 Å². The van der Waals surface area contributed by atoms with Crippen LogP contribution >= 0.6 is 11.3 Å². The van der Waals surface area contributed by atoms with E-state index < -0.39 is 0 Å². The van der Waals surface area contributed by atoms with Crippen LogP contribution in [-0.2, 0) is 9.59 Å². The summed E-state index contributed by atoms with van der Waals surface area (Å²) in [4.78, 5) is 27.2. The smallest absolute Gasteiger partial charge is 0.259 e. The lowest BCUT2D eigenvalue weighted by molar-refractivity contribution is -0.133. The van der Waals surface area contributed by atoms with Gasteiger partial charge in [0, 0.05) is 28.3 Å². The van der Waals surface area contributed by atoms with Crippen LogP contribution in [-0.4, -0.2) is 35.5 Å². The van der Waals surface area contributed by atoms with Crippen molar-refractivity contribution in [3.05, 3.63) is 21.4 Å². The largest absolute Gasteiger partial charge is 0.333 e. The van der Waals surface area contributed by atoms with Crippen molar-refractivity contribution in [2.45, 2.75) is 33.6 Å². The Hall–Kier alpha value is -1.69. The molecule has 0 atom stereocenters. The number of hydrazone groups is 1. The summed E-state index contributed by atoms with van der Waals surface area (Å²) in [6.45, 7) is 6.72. The van der Waals surface area contributed by atoms with Crippen molar-refractivity contribution in [2.24, 2.45) is 5.10 Å². The number of aryl methyl sites for hydroxylation is 2. The summed E-state index contributed by atoms with van der Waals surface area (Å²) in [6.07, 6.45) is 1.38. The van der Waals surface area contributed by atoms with Crippen molar-refractivity contribution in [2.75, 3.05) is 13.1 Å². The molecule has 1 aliphatic heterocycles. The molecule has 1 aliphatic rings. The van der Waals surface area contributed by atoms with Crippen molar-refractivity contribution in [1.29, 1.82) is 0 Å². The zero-order chi connectivity index (χ0) is 14.7. The second-order valence-corrected chi connectivity index (χ2v) is 6.44. The highest BCUT2D eigenvalue weighted by Gasteiger charge is 2.22. The molecule has 1 N–H and O–H groups in total. The van der Waals surface area contributed by atoms with Crippen LogP contribution in [0.2, 0.25) is 0 Å². The average molecular weight is 293 g/mol. The van der Waals surface area contributed by atoms with E-state index in [1.54, 1.807) is 16.2 Å². The molecule has 0 spiro atoms. The van der Waals surface area contributed by atoms with E-state index in [1.165, 1.54) is 9.75 Å². The van der Waals surface area contributed by atoms with Gasteiger partial charge in [-0.15, -0.1) is 11.3 Å². The Morgan fingerprint density at radius 2 is 2.25 bits per heavy atom. The van der Waals surface area contributed by atoms with E-state index in [4.69, 9.17) is 0 Å². The molecule has 5 nitrogen and oxygen atoms in total. The van der Waals surface area contributed by atoms with Crippen LogP contribution in [0, 0.1) is 13.8 Å². The number of hydrogen-bond acceptors (Lipinski definition) is 4. The molecule has 1 aromatic rings. The number of amides is 2. The fraction of sp³-hybridized carbons (Fsp3) is 0.500. The van der Waals surface area contributed by atoms with E-state index >= 15 is 0 Å². The lowest BCUT2D eigenvalue weighted by Gasteiger charge is -2.13. The van der Waals surface area contributed by atoms with Gasteiger partial charge in [0.1, 0.15) is 6.54 Å². The maximum Gasteiger partial charge on any atom is 0.259 e. The normalized spacial score (nSPS) is 15.8. The third-order valence-electron chi connectivity index (χ3n) is 3.28. The molecular weight excluding hydrogens is 274 g/mol. The molecule has 0 saturated carbocycles. The van der Waals surface area contributed by atoms with E-state index in [2.05, 4.69) is 16.6 Å². The molecular formula is C14H19N3O2S. The van der Waals surface area contributed by atoms with E-state index in [0.29, 0.717) is 13.0 Å². The molecule has 0 aliphatic carbocycles. The average Bonchev–Trinajstić information content (AvgIpc) is 2.93. The lowest BCUT2D eigenvalue weighted by Crippen LogP contribution is -2.36. The number of nitrogens with one attached hydrogen (secondary N) is 1. The summed E-state index contributed by atoms with van der Waals surface area (Å²) in [5, 5.41) is 4.12. The molecule has 2 rings (SSSR count). The maximum absolute atomic E-state index is 11.8. The Labute approximate surface area is 122 Å². The Kier molecular flexibility index (Phi) is 4.54. The second kappa shape index (κ2) is 6.17. The van der Waals surface area contributed by atoms with Crippen LogP contribution in [0.25, 0.3) is 0 Å². The highest BCUT2D eigenvalue weighted by Crippen LogP contribution is 2.21. The molecule has 1 aromatic heterocycles. The molecule has 108 valence electrons. The van der Waals surface area contributed by atoms with Gasteiger partial charge in [0.05, 0.1) is 5.71 Å². The van der Waals surface area contributed by atoms with Crippen LogP contribution in [0.1, 0.15) is 35.1 Å². The number of carbonyl (C=O) groups is 2. The van der Waals surface area contributed by atoms with Crippen molar-refractivity contribution in [3.63, 3.8) is 0 Å². The van der Waals surface area contributed by atoms with Gasteiger partial charge in [-0.25, -0.2) is 5.43 Å². The van der Waals surface area contributed by atoms with E-state index in [9.17, 15) is 9.59 Å². The number of likely N-dealkylation sites (tertiary alicyclic amines) is 1. The zero-order valence-electron chi connectivity index (χ0n) is 12.0. The van der Waals surface area contributed by atoms with Crippen molar-refractivity contribution >= 4 is 28.9 Å². The minimum absolute atomic E-state index is 0.0464. The van der Waals surface area contributed by atoms with Gasteiger partial charge in [0.2, 0.25) is 5.91 Å². The first-order valence-corrected chi connectivity index (χ1v) is 7.47. The van der Waals surface area contributed by atoms with Crippen LogP contribution < -0.4 is 5.43 Å². The second-order valence-electron chi connectivity index (χ2n) is 4.98. The highest BCUT2D eigenvalue weighted by atomic mass is 32.1. The molecule has 1 saturated heterocycles. The van der Waals surface area contributed by atoms with Gasteiger partial charge < -0.3 is 4.90 Å². The molecule has 0 aromatic carbocycles. The Morgan fingerprint density at radius 1 is 1.50 bits per heavy atom. The first-order valence-electron chi connectivity index (χ1n) is 6.65. The quantitative estimate of drug-likeness (QED) is 0.680. The SMILES string of the molecule is CC(=NNC(=O)CN1CCCC1=O)c1cc(C)sc1C. The Bertz CT molecular complexity index is 563. The Morgan fingerprint density at radius 3 is 2.80 bits per heavy atom. The maximum atomic E-state index is 11.8. The summed E-state index contributed by atoms with van der Waals surface area (Å²) in [6, 6.07) is 2.06. The summed E-state index contributed by atoms with van der Waals surface area (Å²) in [5.41, 5.74) is 4.37. The standard InChI is InChI=1S/C14H19N3O2S/c1-9-7-12(11(3)20-9)10(2)15-16-13(18)8-17-6-4-5-14(17)19/h7H,4-6,8H2,1-3H3,(H,16,18).